The Balaban J connectivity index is 1.61. The first-order valence-electron chi connectivity index (χ1n) is 8.39. The molecule has 0 aliphatic carbocycles. The third kappa shape index (κ3) is 4.62. The molecule has 142 valence electrons. The summed E-state index contributed by atoms with van der Waals surface area (Å²) < 4.78 is 1.71. The van der Waals surface area contributed by atoms with Crippen LogP contribution >= 0.6 is 11.6 Å². The van der Waals surface area contributed by atoms with E-state index in [1.54, 1.807) is 22.9 Å². The molecule has 2 heterocycles. The number of anilines is 1. The summed E-state index contributed by atoms with van der Waals surface area (Å²) in [5.74, 6) is 0.858. The molecule has 0 bridgehead atoms. The van der Waals surface area contributed by atoms with Crippen LogP contribution in [0, 0.1) is 6.92 Å². The second-order valence-corrected chi connectivity index (χ2v) is 7.47. The summed E-state index contributed by atoms with van der Waals surface area (Å²) in [6.45, 7) is 7.97. The number of tetrazole rings is 1. The molecule has 0 aliphatic heterocycles. The topological polar surface area (TPSA) is 103 Å². The number of halogens is 1. The number of nitrogens with one attached hydrogen (secondary N) is 2. The van der Waals surface area contributed by atoms with Gasteiger partial charge in [-0.15, -0.1) is 15.3 Å². The van der Waals surface area contributed by atoms with Crippen LogP contribution in [0.5, 0.6) is 0 Å². The lowest BCUT2D eigenvalue weighted by Gasteiger charge is -2.15. The summed E-state index contributed by atoms with van der Waals surface area (Å²) >= 11 is 6.03. The quantitative estimate of drug-likeness (QED) is 0.715. The molecule has 2 N–H and O–H groups in total. The lowest BCUT2D eigenvalue weighted by molar-refractivity contribution is 0.251. The molecule has 3 aromatic rings. The fraction of sp³-hybridized carbons (Fsp3) is 0.353. The predicted molar refractivity (Wildman–Crippen MR) is 102 cm³/mol. The van der Waals surface area contributed by atoms with Crippen molar-refractivity contribution in [3.63, 3.8) is 0 Å². The van der Waals surface area contributed by atoms with E-state index < -0.39 is 6.03 Å². The molecule has 0 saturated carbocycles. The Kier molecular flexibility index (Phi) is 5.13. The summed E-state index contributed by atoms with van der Waals surface area (Å²) in [6, 6.07) is 8.69. The van der Waals surface area contributed by atoms with Gasteiger partial charge in [0, 0.05) is 16.8 Å². The number of aromatic nitrogens is 6. The van der Waals surface area contributed by atoms with E-state index in [9.17, 15) is 4.79 Å². The van der Waals surface area contributed by atoms with Crippen LogP contribution in [-0.4, -0.2) is 36.0 Å². The van der Waals surface area contributed by atoms with Gasteiger partial charge in [-0.1, -0.05) is 17.7 Å². The maximum Gasteiger partial charge on any atom is 0.320 e. The first kappa shape index (κ1) is 18.8. The molecule has 0 radical (unpaired) electrons. The third-order valence-electron chi connectivity index (χ3n) is 3.64. The highest BCUT2D eigenvalue weighted by Crippen LogP contribution is 2.18. The fourth-order valence-corrected chi connectivity index (χ4v) is 2.51. The minimum Gasteiger partial charge on any atom is -0.330 e. The predicted octanol–water partition coefficient (Wildman–Crippen LogP) is 2.90. The number of benzene rings is 1. The molecule has 0 aliphatic rings. The van der Waals surface area contributed by atoms with Crippen molar-refractivity contribution in [1.29, 1.82) is 0 Å². The molecule has 0 atom stereocenters. The van der Waals surface area contributed by atoms with Gasteiger partial charge < -0.3 is 5.32 Å². The van der Waals surface area contributed by atoms with Crippen molar-refractivity contribution >= 4 is 23.4 Å². The molecule has 2 amide bonds. The lowest BCUT2D eigenvalue weighted by atomic mass is 10.1. The summed E-state index contributed by atoms with van der Waals surface area (Å²) in [5, 5.41) is 22.6. The van der Waals surface area contributed by atoms with Crippen molar-refractivity contribution < 1.29 is 4.79 Å². The van der Waals surface area contributed by atoms with E-state index in [2.05, 4.69) is 31.1 Å². The largest absolute Gasteiger partial charge is 0.330 e. The van der Waals surface area contributed by atoms with Crippen LogP contribution in [0.25, 0.3) is 5.69 Å². The van der Waals surface area contributed by atoms with Crippen molar-refractivity contribution in [1.82, 2.24) is 35.3 Å². The zero-order valence-corrected chi connectivity index (χ0v) is 16.3. The summed E-state index contributed by atoms with van der Waals surface area (Å²) in [5.41, 5.74) is 1.41. The number of rotatable bonds is 4. The van der Waals surface area contributed by atoms with Crippen molar-refractivity contribution in [2.45, 2.75) is 39.8 Å². The fourth-order valence-electron chi connectivity index (χ4n) is 2.32. The van der Waals surface area contributed by atoms with E-state index in [0.717, 1.165) is 11.4 Å². The number of hydrogen-bond donors (Lipinski definition) is 2. The number of aryl methyl sites for hydroxylation is 1. The Bertz CT molecular complexity index is 956. The highest BCUT2D eigenvalue weighted by atomic mass is 35.5. The minimum atomic E-state index is -0.405. The van der Waals surface area contributed by atoms with E-state index in [4.69, 9.17) is 11.6 Å². The van der Waals surface area contributed by atoms with E-state index in [1.807, 2.05) is 39.8 Å². The molecular formula is C17H21ClN8O. The number of hydrogen-bond acceptors (Lipinski definition) is 5. The van der Waals surface area contributed by atoms with Gasteiger partial charge in [-0.25, -0.2) is 9.48 Å². The number of carbonyl (C=O) groups excluding carboxylic acids is 1. The maximum atomic E-state index is 12.1. The molecule has 10 heteroatoms. The first-order chi connectivity index (χ1) is 12.7. The summed E-state index contributed by atoms with van der Waals surface area (Å²) in [7, 11) is 0. The average molecular weight is 389 g/mol. The number of carbonyl (C=O) groups is 1. The van der Waals surface area contributed by atoms with Gasteiger partial charge in [0.2, 0.25) is 0 Å². The van der Waals surface area contributed by atoms with E-state index in [0.29, 0.717) is 16.7 Å². The van der Waals surface area contributed by atoms with Crippen LogP contribution in [0.1, 0.15) is 32.3 Å². The van der Waals surface area contributed by atoms with Gasteiger partial charge in [-0.3, -0.25) is 5.32 Å². The summed E-state index contributed by atoms with van der Waals surface area (Å²) in [4.78, 5) is 13.6. The number of amides is 2. The number of urea groups is 1. The minimum absolute atomic E-state index is 0.163. The van der Waals surface area contributed by atoms with Gasteiger partial charge in [0.05, 0.1) is 17.8 Å². The second-order valence-electron chi connectivity index (χ2n) is 7.04. The van der Waals surface area contributed by atoms with Gasteiger partial charge in [-0.2, -0.15) is 4.80 Å². The van der Waals surface area contributed by atoms with Crippen molar-refractivity contribution in [3.8, 4) is 5.69 Å². The van der Waals surface area contributed by atoms with Gasteiger partial charge >= 0.3 is 6.03 Å². The molecule has 2 aromatic heterocycles. The van der Waals surface area contributed by atoms with Gasteiger partial charge in [0.15, 0.2) is 11.6 Å². The van der Waals surface area contributed by atoms with Crippen LogP contribution in [0.4, 0.5) is 10.6 Å². The zero-order valence-electron chi connectivity index (χ0n) is 15.6. The maximum absolute atomic E-state index is 12.1. The second kappa shape index (κ2) is 7.36. The van der Waals surface area contributed by atoms with Crippen molar-refractivity contribution in [2.75, 3.05) is 5.32 Å². The molecule has 1 aromatic carbocycles. The normalized spacial score (nSPS) is 11.4. The molecule has 3 rings (SSSR count). The van der Waals surface area contributed by atoms with E-state index in [-0.39, 0.29) is 12.1 Å². The molecular weight excluding hydrogens is 368 g/mol. The van der Waals surface area contributed by atoms with E-state index in [1.165, 1.54) is 4.80 Å². The van der Waals surface area contributed by atoms with Crippen LogP contribution in [-0.2, 0) is 12.1 Å². The van der Waals surface area contributed by atoms with Gasteiger partial charge in [0.1, 0.15) is 0 Å². The van der Waals surface area contributed by atoms with Crippen LogP contribution in [0.3, 0.4) is 0 Å². The Hall–Kier alpha value is -2.94. The van der Waals surface area contributed by atoms with Crippen molar-refractivity contribution in [3.05, 3.63) is 46.9 Å². The van der Waals surface area contributed by atoms with E-state index >= 15 is 0 Å². The van der Waals surface area contributed by atoms with Crippen LogP contribution < -0.4 is 10.6 Å². The zero-order chi connectivity index (χ0) is 19.6. The first-order valence-corrected chi connectivity index (χ1v) is 8.77. The SMILES string of the molecule is Cc1cc(NC(=O)NCc2nnn(C(C)(C)C)n2)nn1-c1cccc(Cl)c1. The molecule has 0 fully saturated rings. The number of nitrogens with zero attached hydrogens (tertiary/aromatic N) is 6. The Morgan fingerprint density at radius 1 is 1.22 bits per heavy atom. The van der Waals surface area contributed by atoms with Crippen LogP contribution in [0.2, 0.25) is 5.02 Å². The Morgan fingerprint density at radius 2 is 2.00 bits per heavy atom. The molecule has 9 nitrogen and oxygen atoms in total. The lowest BCUT2D eigenvalue weighted by Crippen LogP contribution is -2.29. The van der Waals surface area contributed by atoms with Crippen molar-refractivity contribution in [2.24, 2.45) is 0 Å². The smallest absolute Gasteiger partial charge is 0.320 e. The van der Waals surface area contributed by atoms with Gasteiger partial charge in [0.25, 0.3) is 0 Å². The molecule has 0 unspecified atom stereocenters. The Labute approximate surface area is 161 Å². The monoisotopic (exact) mass is 388 g/mol. The standard InChI is InChI=1S/C17H21ClN8O/c1-11-8-14(22-25(11)13-7-5-6-12(18)9-13)20-16(27)19-10-15-21-24-26(23-15)17(2,3)4/h5-9H,10H2,1-4H3,(H2,19,20,22,27). The summed E-state index contributed by atoms with van der Waals surface area (Å²) in [6.07, 6.45) is 0. The van der Waals surface area contributed by atoms with Crippen LogP contribution in [0.15, 0.2) is 30.3 Å². The molecule has 0 saturated heterocycles. The Morgan fingerprint density at radius 3 is 2.67 bits per heavy atom. The molecule has 27 heavy (non-hydrogen) atoms. The third-order valence-corrected chi connectivity index (χ3v) is 3.88. The highest BCUT2D eigenvalue weighted by Gasteiger charge is 2.17. The highest BCUT2D eigenvalue weighted by molar-refractivity contribution is 6.30. The molecule has 0 spiro atoms. The van der Waals surface area contributed by atoms with Gasteiger partial charge in [-0.05, 0) is 51.1 Å². The average Bonchev–Trinajstić information content (AvgIpc) is 3.19.